The van der Waals surface area contributed by atoms with Gasteiger partial charge in [-0.1, -0.05) is 319 Å². The molecule has 6 heteroatoms. The SMILES string of the molecule is CCCCC/C=C\C/C=C\CCCCCCCCCC(=O)OCCCCCCCCCCC/C=C\C/C=C\CCCCCCCCCC(=O)NC(CO)C(O)CCCCCCCCCCCCCCCCCCCCCCC. The molecule has 0 aliphatic heterocycles. The molecule has 0 spiro atoms. The summed E-state index contributed by atoms with van der Waals surface area (Å²) in [5, 5.41) is 23.4. The molecule has 0 saturated carbocycles. The fraction of sp³-hybridized carbons (Fsp3) is 0.861. The molecule has 3 N–H and O–H groups in total. The minimum absolute atomic E-state index is 0.000396. The first-order chi connectivity index (χ1) is 38.5. The highest BCUT2D eigenvalue weighted by atomic mass is 16.5. The lowest BCUT2D eigenvalue weighted by Gasteiger charge is -2.22. The fourth-order valence-corrected chi connectivity index (χ4v) is 10.8. The van der Waals surface area contributed by atoms with E-state index in [4.69, 9.17) is 4.74 Å². The lowest BCUT2D eigenvalue weighted by molar-refractivity contribution is -0.143. The van der Waals surface area contributed by atoms with E-state index in [1.807, 2.05) is 0 Å². The van der Waals surface area contributed by atoms with Gasteiger partial charge in [-0.25, -0.2) is 0 Å². The van der Waals surface area contributed by atoms with Crippen LogP contribution in [-0.2, 0) is 14.3 Å². The number of hydrogen-bond donors (Lipinski definition) is 3. The van der Waals surface area contributed by atoms with Gasteiger partial charge < -0.3 is 20.3 Å². The first kappa shape index (κ1) is 75.8. The highest BCUT2D eigenvalue weighted by Gasteiger charge is 2.20. The van der Waals surface area contributed by atoms with E-state index in [2.05, 4.69) is 67.8 Å². The van der Waals surface area contributed by atoms with Crippen LogP contribution in [0.15, 0.2) is 48.6 Å². The van der Waals surface area contributed by atoms with Gasteiger partial charge in [-0.2, -0.15) is 0 Å². The molecule has 0 saturated heterocycles. The number of esters is 1. The summed E-state index contributed by atoms with van der Waals surface area (Å²) >= 11 is 0. The molecule has 0 radical (unpaired) electrons. The summed E-state index contributed by atoms with van der Waals surface area (Å²) in [4.78, 5) is 24.6. The maximum Gasteiger partial charge on any atom is 0.305 e. The Morgan fingerprint density at radius 1 is 0.359 bits per heavy atom. The Balaban J connectivity index is 3.45. The Kier molecular flexibility index (Phi) is 65.4. The second-order valence-corrected chi connectivity index (χ2v) is 23.9. The van der Waals surface area contributed by atoms with Crippen LogP contribution in [0.3, 0.4) is 0 Å². The molecular weight excluding hydrogens is 959 g/mol. The molecule has 2 unspecified atom stereocenters. The van der Waals surface area contributed by atoms with Gasteiger partial charge in [0.2, 0.25) is 5.91 Å². The van der Waals surface area contributed by atoms with Crippen molar-refractivity contribution in [1.29, 1.82) is 0 Å². The van der Waals surface area contributed by atoms with E-state index in [1.54, 1.807) is 0 Å². The van der Waals surface area contributed by atoms with E-state index in [1.165, 1.54) is 276 Å². The van der Waals surface area contributed by atoms with Crippen LogP contribution in [0, 0.1) is 0 Å². The number of unbranched alkanes of at least 4 members (excludes halogenated alkanes) is 46. The molecule has 0 bridgehead atoms. The van der Waals surface area contributed by atoms with E-state index in [9.17, 15) is 19.8 Å². The van der Waals surface area contributed by atoms with Crippen LogP contribution >= 0.6 is 0 Å². The molecule has 0 aromatic rings. The number of nitrogens with one attached hydrogen (secondary N) is 1. The quantitative estimate of drug-likeness (QED) is 0.0320. The molecule has 458 valence electrons. The number of aliphatic hydroxyl groups is 2. The lowest BCUT2D eigenvalue weighted by Crippen LogP contribution is -2.45. The summed E-state index contributed by atoms with van der Waals surface area (Å²) in [6, 6.07) is -0.551. The highest BCUT2D eigenvalue weighted by Crippen LogP contribution is 2.18. The molecule has 0 aromatic carbocycles. The van der Waals surface area contributed by atoms with E-state index >= 15 is 0 Å². The van der Waals surface area contributed by atoms with E-state index in [0.717, 1.165) is 64.2 Å². The average molecular weight is 1090 g/mol. The molecule has 6 nitrogen and oxygen atoms in total. The first-order valence-corrected chi connectivity index (χ1v) is 34.9. The Morgan fingerprint density at radius 2 is 0.641 bits per heavy atom. The number of rotatable bonds is 65. The monoisotopic (exact) mass is 1090 g/mol. The normalized spacial score (nSPS) is 12.8. The third-order valence-corrected chi connectivity index (χ3v) is 16.1. The van der Waals surface area contributed by atoms with Gasteiger partial charge in [0.05, 0.1) is 25.4 Å². The van der Waals surface area contributed by atoms with E-state index in [-0.39, 0.29) is 18.5 Å². The van der Waals surface area contributed by atoms with Crippen molar-refractivity contribution in [1.82, 2.24) is 5.32 Å². The molecule has 0 fully saturated rings. The van der Waals surface area contributed by atoms with Gasteiger partial charge in [0.25, 0.3) is 0 Å². The maximum absolute atomic E-state index is 12.5. The van der Waals surface area contributed by atoms with Crippen LogP contribution in [0.1, 0.15) is 373 Å². The van der Waals surface area contributed by atoms with Crippen molar-refractivity contribution in [2.75, 3.05) is 13.2 Å². The number of aliphatic hydroxyl groups excluding tert-OH is 2. The van der Waals surface area contributed by atoms with Crippen LogP contribution in [0.2, 0.25) is 0 Å². The van der Waals surface area contributed by atoms with Crippen molar-refractivity contribution in [2.24, 2.45) is 0 Å². The molecule has 0 aliphatic rings. The number of amides is 1. The largest absolute Gasteiger partial charge is 0.466 e. The molecule has 0 aliphatic carbocycles. The Bertz CT molecular complexity index is 1310. The van der Waals surface area contributed by atoms with Crippen molar-refractivity contribution < 1.29 is 24.5 Å². The minimum atomic E-state index is -0.673. The topological polar surface area (TPSA) is 95.9 Å². The summed E-state index contributed by atoms with van der Waals surface area (Å²) < 4.78 is 5.49. The predicted octanol–water partition coefficient (Wildman–Crippen LogP) is 22.5. The van der Waals surface area contributed by atoms with Gasteiger partial charge >= 0.3 is 5.97 Å². The summed E-state index contributed by atoms with van der Waals surface area (Å²) in [6.45, 7) is 4.94. The van der Waals surface area contributed by atoms with Gasteiger partial charge in [0.1, 0.15) is 0 Å². The van der Waals surface area contributed by atoms with Crippen molar-refractivity contribution in [2.45, 2.75) is 386 Å². The lowest BCUT2D eigenvalue weighted by atomic mass is 10.0. The van der Waals surface area contributed by atoms with Gasteiger partial charge in [0.15, 0.2) is 0 Å². The van der Waals surface area contributed by atoms with Crippen LogP contribution in [0.25, 0.3) is 0 Å². The second kappa shape index (κ2) is 67.3. The zero-order chi connectivity index (χ0) is 56.4. The van der Waals surface area contributed by atoms with Gasteiger partial charge in [-0.05, 0) is 89.9 Å². The average Bonchev–Trinajstić information content (AvgIpc) is 3.44. The van der Waals surface area contributed by atoms with Crippen molar-refractivity contribution in [3.8, 4) is 0 Å². The van der Waals surface area contributed by atoms with Crippen LogP contribution in [0.5, 0.6) is 0 Å². The van der Waals surface area contributed by atoms with Gasteiger partial charge in [-0.15, -0.1) is 0 Å². The van der Waals surface area contributed by atoms with Crippen molar-refractivity contribution >= 4 is 11.9 Å². The fourth-order valence-electron chi connectivity index (χ4n) is 10.8. The van der Waals surface area contributed by atoms with Crippen molar-refractivity contribution in [3.05, 3.63) is 48.6 Å². The molecule has 2 atom stereocenters. The van der Waals surface area contributed by atoms with Gasteiger partial charge in [-0.3, -0.25) is 9.59 Å². The van der Waals surface area contributed by atoms with Crippen LogP contribution in [0.4, 0.5) is 0 Å². The summed E-state index contributed by atoms with van der Waals surface area (Å²) in [5.74, 6) is -0.0428. The summed E-state index contributed by atoms with van der Waals surface area (Å²) in [5.41, 5.74) is 0. The van der Waals surface area contributed by atoms with Crippen LogP contribution < -0.4 is 5.32 Å². The number of hydrogen-bond acceptors (Lipinski definition) is 5. The summed E-state index contributed by atoms with van der Waals surface area (Å²) in [6.07, 6.45) is 87.1. The zero-order valence-electron chi connectivity index (χ0n) is 52.4. The maximum atomic E-state index is 12.5. The van der Waals surface area contributed by atoms with Crippen LogP contribution in [-0.4, -0.2) is 47.4 Å². The third kappa shape index (κ3) is 63.0. The first-order valence-electron chi connectivity index (χ1n) is 34.9. The Labute approximate surface area is 486 Å². The molecule has 78 heavy (non-hydrogen) atoms. The number of ether oxygens (including phenoxy) is 1. The number of allylic oxidation sites excluding steroid dienone is 8. The number of carbonyl (C=O) groups is 2. The smallest absolute Gasteiger partial charge is 0.305 e. The van der Waals surface area contributed by atoms with Crippen molar-refractivity contribution in [3.63, 3.8) is 0 Å². The minimum Gasteiger partial charge on any atom is -0.466 e. The summed E-state index contributed by atoms with van der Waals surface area (Å²) in [7, 11) is 0. The Morgan fingerprint density at radius 3 is 1.00 bits per heavy atom. The third-order valence-electron chi connectivity index (χ3n) is 16.1. The van der Waals surface area contributed by atoms with E-state index in [0.29, 0.717) is 25.9 Å². The van der Waals surface area contributed by atoms with E-state index < -0.39 is 12.1 Å². The molecule has 0 rings (SSSR count). The molecule has 1 amide bonds. The molecule has 0 aromatic heterocycles. The van der Waals surface area contributed by atoms with Gasteiger partial charge in [0, 0.05) is 12.8 Å². The standard InChI is InChI=1S/C72H135NO5/c1-3-5-7-9-11-13-15-17-19-21-22-26-29-33-36-40-44-48-52-56-60-64-70(75)69(68-74)73-71(76)65-61-57-53-49-45-41-37-34-30-27-24-23-25-28-31-35-39-43-47-51-55-59-63-67-78-72(77)66-62-58-54-50-46-42-38-32-20-18-16-14-12-10-8-6-4-2/h12,14,18,20,23,25,27,30,69-70,74-75H,3-11,13,15-17,19,21-22,24,26,28-29,31-68H2,1-2H3,(H,73,76)/b14-12-,20-18-,25-23-,30-27-. The predicted molar refractivity (Wildman–Crippen MR) is 342 cm³/mol. The number of carbonyl (C=O) groups excluding carboxylic acids is 2. The second-order valence-electron chi connectivity index (χ2n) is 23.9. The molecule has 0 heterocycles. The highest BCUT2D eigenvalue weighted by molar-refractivity contribution is 5.76. The Hall–Kier alpha value is -2.18. The molecular formula is C72H135NO5. The zero-order valence-corrected chi connectivity index (χ0v) is 52.4.